The van der Waals surface area contributed by atoms with Crippen LogP contribution in [0.5, 0.6) is 0 Å². The number of carbonyl (C=O) groups excluding carboxylic acids is 2. The number of carbonyl (C=O) groups is 2. The lowest BCUT2D eigenvalue weighted by atomic mass is 10.1. The van der Waals surface area contributed by atoms with Crippen molar-refractivity contribution in [2.24, 2.45) is 4.99 Å². The van der Waals surface area contributed by atoms with E-state index < -0.39 is 12.2 Å². The van der Waals surface area contributed by atoms with Crippen molar-refractivity contribution in [3.63, 3.8) is 0 Å². The van der Waals surface area contributed by atoms with Gasteiger partial charge in [0.2, 0.25) is 5.96 Å². The van der Waals surface area contributed by atoms with Crippen LogP contribution in [0.15, 0.2) is 53.8 Å². The average molecular weight is 372 g/mol. The molecule has 1 aromatic carbocycles. The fourth-order valence-corrected chi connectivity index (χ4v) is 3.69. The molecule has 0 N–H and O–H groups in total. The van der Waals surface area contributed by atoms with Gasteiger partial charge in [-0.05, 0) is 31.2 Å². The minimum atomic E-state index is -0.570. The Morgan fingerprint density at radius 2 is 1.96 bits per heavy atom. The van der Waals surface area contributed by atoms with Gasteiger partial charge in [-0.3, -0.25) is 14.6 Å². The first-order chi connectivity index (χ1) is 12.4. The standard InChI is InChI=1S/C18H18ClN5O2/c1-4-9-22-16(25)14-15(21(3)18(22)26)20-17-23(14)10-11(2)24(17)13-7-5-12(19)6-8-13/h4-8,10,14-15H,1,9H2,2-3H3. The highest BCUT2D eigenvalue weighted by Gasteiger charge is 2.54. The largest absolute Gasteiger partial charge is 0.328 e. The van der Waals surface area contributed by atoms with E-state index >= 15 is 0 Å². The fraction of sp³-hybridized carbons (Fsp3) is 0.278. The number of imide groups is 1. The highest BCUT2D eigenvalue weighted by Crippen LogP contribution is 2.36. The molecule has 4 rings (SSSR count). The molecule has 1 aromatic rings. The first kappa shape index (κ1) is 16.7. The van der Waals surface area contributed by atoms with Crippen LogP contribution >= 0.6 is 11.6 Å². The summed E-state index contributed by atoms with van der Waals surface area (Å²) < 4.78 is 0. The SMILES string of the molecule is C=CCN1C(=O)C2C(N=C3N(c4ccc(Cl)cc4)C(C)=CN32)N(C)C1=O. The van der Waals surface area contributed by atoms with Gasteiger partial charge in [0.1, 0.15) is 0 Å². The summed E-state index contributed by atoms with van der Waals surface area (Å²) >= 11 is 5.99. The van der Waals surface area contributed by atoms with Crippen LogP contribution in [0.4, 0.5) is 10.5 Å². The minimum absolute atomic E-state index is 0.179. The molecule has 0 bridgehead atoms. The van der Waals surface area contributed by atoms with E-state index in [4.69, 9.17) is 16.6 Å². The zero-order valence-corrected chi connectivity index (χ0v) is 15.2. The molecular weight excluding hydrogens is 354 g/mol. The molecular formula is C18H18ClN5O2. The Morgan fingerprint density at radius 1 is 1.27 bits per heavy atom. The van der Waals surface area contributed by atoms with Crippen LogP contribution in [-0.4, -0.2) is 58.4 Å². The van der Waals surface area contributed by atoms with Crippen molar-refractivity contribution < 1.29 is 9.59 Å². The number of hydrogen-bond donors (Lipinski definition) is 0. The molecule has 2 unspecified atom stereocenters. The molecule has 0 aromatic heterocycles. The van der Waals surface area contributed by atoms with Crippen molar-refractivity contribution in [3.8, 4) is 0 Å². The molecule has 0 spiro atoms. The Labute approximate surface area is 156 Å². The van der Waals surface area contributed by atoms with Gasteiger partial charge in [-0.1, -0.05) is 17.7 Å². The van der Waals surface area contributed by atoms with Crippen LogP contribution in [0.2, 0.25) is 5.02 Å². The summed E-state index contributed by atoms with van der Waals surface area (Å²) in [7, 11) is 1.66. The minimum Gasteiger partial charge on any atom is -0.302 e. The lowest BCUT2D eigenvalue weighted by Crippen LogP contribution is -2.64. The molecule has 3 aliphatic rings. The number of nitrogens with zero attached hydrogens (tertiary/aromatic N) is 5. The number of rotatable bonds is 3. The van der Waals surface area contributed by atoms with Crippen molar-refractivity contribution >= 4 is 35.2 Å². The van der Waals surface area contributed by atoms with Gasteiger partial charge in [-0.15, -0.1) is 6.58 Å². The fourth-order valence-electron chi connectivity index (χ4n) is 3.56. The van der Waals surface area contributed by atoms with Crippen LogP contribution in [0, 0.1) is 0 Å². The van der Waals surface area contributed by atoms with E-state index in [1.165, 1.54) is 9.80 Å². The molecule has 0 aliphatic carbocycles. The van der Waals surface area contributed by atoms with Gasteiger partial charge in [0.25, 0.3) is 5.91 Å². The molecule has 3 aliphatic heterocycles. The summed E-state index contributed by atoms with van der Waals surface area (Å²) in [5.74, 6) is 0.368. The molecule has 2 atom stereocenters. The highest BCUT2D eigenvalue weighted by atomic mass is 35.5. The van der Waals surface area contributed by atoms with Crippen LogP contribution in [0.25, 0.3) is 0 Å². The third-order valence-corrected chi connectivity index (χ3v) is 5.04. The zero-order chi connectivity index (χ0) is 18.6. The van der Waals surface area contributed by atoms with Crippen molar-refractivity contribution in [2.75, 3.05) is 18.5 Å². The van der Waals surface area contributed by atoms with Gasteiger partial charge in [0.05, 0.1) is 0 Å². The molecule has 134 valence electrons. The second-order valence-corrected chi connectivity index (χ2v) is 6.84. The van der Waals surface area contributed by atoms with Crippen molar-refractivity contribution in [3.05, 3.63) is 53.8 Å². The molecule has 7 nitrogen and oxygen atoms in total. The Kier molecular flexibility index (Phi) is 3.77. The summed E-state index contributed by atoms with van der Waals surface area (Å²) in [5, 5.41) is 0.647. The average Bonchev–Trinajstić information content (AvgIpc) is 3.12. The van der Waals surface area contributed by atoms with Crippen molar-refractivity contribution in [2.45, 2.75) is 19.1 Å². The number of likely N-dealkylation sites (N-methyl/N-ethyl adjacent to an activating group) is 1. The molecule has 1 fully saturated rings. The van der Waals surface area contributed by atoms with Gasteiger partial charge < -0.3 is 9.80 Å². The Bertz CT molecular complexity index is 863. The molecule has 26 heavy (non-hydrogen) atoms. The number of allylic oxidation sites excluding steroid dienone is 1. The summed E-state index contributed by atoms with van der Waals surface area (Å²) in [5.41, 5.74) is 1.83. The Balaban J connectivity index is 1.73. The smallest absolute Gasteiger partial charge is 0.302 e. The van der Waals surface area contributed by atoms with Gasteiger partial charge in [-0.2, -0.15) is 0 Å². The molecule has 3 heterocycles. The number of amides is 3. The van der Waals surface area contributed by atoms with Gasteiger partial charge in [0.15, 0.2) is 12.2 Å². The van der Waals surface area contributed by atoms with Gasteiger partial charge in [-0.25, -0.2) is 9.79 Å². The zero-order valence-electron chi connectivity index (χ0n) is 14.5. The van der Waals surface area contributed by atoms with E-state index in [9.17, 15) is 9.59 Å². The lowest BCUT2D eigenvalue weighted by Gasteiger charge is -2.39. The quantitative estimate of drug-likeness (QED) is 0.766. The third kappa shape index (κ3) is 2.24. The predicted molar refractivity (Wildman–Crippen MR) is 99.6 cm³/mol. The highest BCUT2D eigenvalue weighted by molar-refractivity contribution is 6.30. The third-order valence-electron chi connectivity index (χ3n) is 4.78. The maximum absolute atomic E-state index is 12.9. The molecule has 0 radical (unpaired) electrons. The summed E-state index contributed by atoms with van der Waals surface area (Å²) in [4.78, 5) is 36.6. The number of guanidine groups is 1. The van der Waals surface area contributed by atoms with Crippen molar-refractivity contribution in [1.82, 2.24) is 14.7 Å². The number of anilines is 1. The second kappa shape index (κ2) is 5.88. The number of halogens is 1. The van der Waals surface area contributed by atoms with Gasteiger partial charge in [0, 0.05) is 36.2 Å². The monoisotopic (exact) mass is 371 g/mol. The molecule has 0 saturated carbocycles. The van der Waals surface area contributed by atoms with Crippen LogP contribution in [0.3, 0.4) is 0 Å². The van der Waals surface area contributed by atoms with Crippen LogP contribution in [-0.2, 0) is 4.79 Å². The molecule has 1 saturated heterocycles. The Hall–Kier alpha value is -2.80. The predicted octanol–water partition coefficient (Wildman–Crippen LogP) is 2.47. The first-order valence-corrected chi connectivity index (χ1v) is 8.61. The van der Waals surface area contributed by atoms with Crippen molar-refractivity contribution in [1.29, 1.82) is 0 Å². The van der Waals surface area contributed by atoms with E-state index in [0.717, 1.165) is 11.4 Å². The van der Waals surface area contributed by atoms with E-state index in [0.29, 0.717) is 11.0 Å². The number of fused-ring (bicyclic) bond motifs is 3. The number of urea groups is 1. The summed E-state index contributed by atoms with van der Waals surface area (Å²) in [6, 6.07) is 6.48. The van der Waals surface area contributed by atoms with Crippen LogP contribution < -0.4 is 4.90 Å². The second-order valence-electron chi connectivity index (χ2n) is 6.41. The Morgan fingerprint density at radius 3 is 2.62 bits per heavy atom. The van der Waals surface area contributed by atoms with E-state index in [1.807, 2.05) is 47.2 Å². The maximum Gasteiger partial charge on any atom is 0.328 e. The lowest BCUT2D eigenvalue weighted by molar-refractivity contribution is -0.136. The first-order valence-electron chi connectivity index (χ1n) is 8.23. The summed E-state index contributed by atoms with van der Waals surface area (Å²) in [6.45, 7) is 5.76. The molecule has 3 amide bonds. The number of hydrogen-bond acceptors (Lipinski definition) is 5. The topological polar surface area (TPSA) is 59.5 Å². The van der Waals surface area contributed by atoms with E-state index in [2.05, 4.69) is 6.58 Å². The van der Waals surface area contributed by atoms with E-state index in [-0.39, 0.29) is 18.5 Å². The normalized spacial score (nSPS) is 24.6. The molecule has 8 heteroatoms. The number of aliphatic imine (C=N–C) groups is 1. The number of benzene rings is 1. The maximum atomic E-state index is 12.9. The van der Waals surface area contributed by atoms with Crippen LogP contribution in [0.1, 0.15) is 6.92 Å². The summed E-state index contributed by atoms with van der Waals surface area (Å²) in [6.07, 6.45) is 2.89. The van der Waals surface area contributed by atoms with Gasteiger partial charge >= 0.3 is 6.03 Å². The van der Waals surface area contributed by atoms with E-state index in [1.54, 1.807) is 13.1 Å².